The van der Waals surface area contributed by atoms with Gasteiger partial charge in [0.1, 0.15) is 11.6 Å². The highest BCUT2D eigenvalue weighted by atomic mass is 32.2. The van der Waals surface area contributed by atoms with Crippen LogP contribution in [0.15, 0.2) is 28.4 Å². The number of nitrogens with one attached hydrogen (secondary N) is 2. The van der Waals surface area contributed by atoms with Crippen molar-refractivity contribution in [2.24, 2.45) is 0 Å². The number of allylic oxidation sites excluding steroid dienone is 2. The van der Waals surface area contributed by atoms with Crippen LogP contribution in [-0.4, -0.2) is 16.0 Å². The molecule has 23 heavy (non-hydrogen) atoms. The summed E-state index contributed by atoms with van der Waals surface area (Å²) in [7, 11) is 0. The number of aromatic nitrogens is 2. The topological polar surface area (TPSA) is 73.6 Å². The molecule has 5 nitrogen and oxygen atoms in total. The molecule has 2 heterocycles. The first-order valence-corrected chi connectivity index (χ1v) is 9.05. The molecule has 0 radical (unpaired) electrons. The Hall–Kier alpha value is -2.00. The molecule has 2 aliphatic rings. The third-order valence-corrected chi connectivity index (χ3v) is 5.11. The van der Waals surface area contributed by atoms with Crippen LogP contribution in [0, 0.1) is 11.3 Å². The van der Waals surface area contributed by atoms with Crippen molar-refractivity contribution in [1.82, 2.24) is 15.3 Å². The lowest BCUT2D eigenvalue weighted by molar-refractivity contribution is 0.461. The van der Waals surface area contributed by atoms with Crippen molar-refractivity contribution >= 4 is 23.3 Å². The van der Waals surface area contributed by atoms with E-state index in [9.17, 15) is 5.26 Å². The van der Waals surface area contributed by atoms with Crippen LogP contribution < -0.4 is 10.6 Å². The molecule has 120 valence electrons. The van der Waals surface area contributed by atoms with Gasteiger partial charge in [0.2, 0.25) is 5.95 Å². The monoisotopic (exact) mass is 327 g/mol. The fourth-order valence-electron chi connectivity index (χ4n) is 2.85. The molecule has 6 heteroatoms. The Morgan fingerprint density at radius 2 is 2.26 bits per heavy atom. The molecule has 0 saturated heterocycles. The lowest BCUT2D eigenvalue weighted by atomic mass is 9.96. The second-order valence-electron chi connectivity index (χ2n) is 5.80. The Labute approximate surface area is 141 Å². The van der Waals surface area contributed by atoms with Crippen molar-refractivity contribution in [3.05, 3.63) is 34.1 Å². The number of rotatable bonds is 4. The summed E-state index contributed by atoms with van der Waals surface area (Å²) >= 11 is 1.55. The Morgan fingerprint density at radius 3 is 2.96 bits per heavy atom. The zero-order valence-corrected chi connectivity index (χ0v) is 14.1. The average Bonchev–Trinajstić information content (AvgIpc) is 3.06. The first kappa shape index (κ1) is 15.9. The van der Waals surface area contributed by atoms with Crippen LogP contribution in [0.2, 0.25) is 0 Å². The maximum Gasteiger partial charge on any atom is 0.223 e. The van der Waals surface area contributed by atoms with E-state index in [0.717, 1.165) is 17.1 Å². The summed E-state index contributed by atoms with van der Waals surface area (Å²) < 4.78 is 0. The molecule has 0 spiro atoms. The van der Waals surface area contributed by atoms with Crippen LogP contribution in [0.3, 0.4) is 0 Å². The van der Waals surface area contributed by atoms with Crippen LogP contribution in [0.25, 0.3) is 5.57 Å². The Balaban J connectivity index is 1.78. The molecule has 0 unspecified atom stereocenters. The van der Waals surface area contributed by atoms with Gasteiger partial charge in [0, 0.05) is 17.9 Å². The fraction of sp³-hybridized carbons (Fsp3) is 0.471. The lowest BCUT2D eigenvalue weighted by Crippen LogP contribution is -2.23. The normalized spacial score (nSPS) is 20.4. The van der Waals surface area contributed by atoms with E-state index in [1.165, 1.54) is 32.1 Å². The Kier molecular flexibility index (Phi) is 5.19. The minimum Gasteiger partial charge on any atom is -0.352 e. The van der Waals surface area contributed by atoms with Crippen LogP contribution in [0.4, 0.5) is 5.95 Å². The van der Waals surface area contributed by atoms with Gasteiger partial charge in [0.15, 0.2) is 0 Å². The number of nitriles is 1. The predicted octanol–water partition coefficient (Wildman–Crippen LogP) is 4.00. The van der Waals surface area contributed by atoms with Crippen LogP contribution in [0.1, 0.15) is 51.1 Å². The van der Waals surface area contributed by atoms with Gasteiger partial charge in [-0.25, -0.2) is 9.97 Å². The van der Waals surface area contributed by atoms with E-state index in [0.29, 0.717) is 23.3 Å². The highest BCUT2D eigenvalue weighted by Gasteiger charge is 2.18. The zero-order chi connectivity index (χ0) is 16.1. The second-order valence-corrected chi connectivity index (χ2v) is 6.68. The minimum atomic E-state index is 0.449. The van der Waals surface area contributed by atoms with E-state index >= 15 is 0 Å². The highest BCUT2D eigenvalue weighted by Crippen LogP contribution is 2.32. The molecule has 0 amide bonds. The van der Waals surface area contributed by atoms with Crippen molar-refractivity contribution in [2.45, 2.75) is 51.5 Å². The van der Waals surface area contributed by atoms with Crippen molar-refractivity contribution < 1.29 is 0 Å². The van der Waals surface area contributed by atoms with Crippen LogP contribution >= 0.6 is 11.8 Å². The molecule has 1 aromatic heterocycles. The number of nitrogens with zero attached hydrogens (tertiary/aromatic N) is 3. The molecule has 1 aliphatic heterocycles. The molecular weight excluding hydrogens is 306 g/mol. The first-order chi connectivity index (χ1) is 11.3. The third-order valence-electron chi connectivity index (χ3n) is 4.16. The van der Waals surface area contributed by atoms with E-state index < -0.39 is 0 Å². The van der Waals surface area contributed by atoms with E-state index in [4.69, 9.17) is 0 Å². The Morgan fingerprint density at radius 1 is 1.43 bits per heavy atom. The molecule has 2 N–H and O–H groups in total. The smallest absolute Gasteiger partial charge is 0.223 e. The minimum absolute atomic E-state index is 0.449. The summed E-state index contributed by atoms with van der Waals surface area (Å²) in [5.74, 6) is 0.620. The molecule has 3 rings (SSSR count). The molecule has 0 bridgehead atoms. The summed E-state index contributed by atoms with van der Waals surface area (Å²) in [5.41, 5.74) is 2.37. The van der Waals surface area contributed by atoms with E-state index in [-0.39, 0.29) is 0 Å². The fourth-order valence-corrected chi connectivity index (χ4v) is 3.79. The zero-order valence-electron chi connectivity index (χ0n) is 13.3. The summed E-state index contributed by atoms with van der Waals surface area (Å²) in [4.78, 5) is 8.87. The Bertz CT molecular complexity index is 668. The SMILES string of the molecule is CCC1=CS/C(=C(/C#N)c2ccnc(NC3CCCCC3)n2)N1. The summed E-state index contributed by atoms with van der Waals surface area (Å²) in [6.07, 6.45) is 8.82. The molecule has 1 fully saturated rings. The summed E-state index contributed by atoms with van der Waals surface area (Å²) in [6, 6.07) is 4.52. The predicted molar refractivity (Wildman–Crippen MR) is 94.2 cm³/mol. The number of thioether (sulfide) groups is 1. The highest BCUT2D eigenvalue weighted by molar-refractivity contribution is 8.06. The largest absolute Gasteiger partial charge is 0.352 e. The summed E-state index contributed by atoms with van der Waals surface area (Å²) in [6.45, 7) is 2.09. The van der Waals surface area contributed by atoms with Crippen molar-refractivity contribution in [1.29, 1.82) is 5.26 Å². The number of hydrogen-bond donors (Lipinski definition) is 2. The van der Waals surface area contributed by atoms with Gasteiger partial charge < -0.3 is 10.6 Å². The van der Waals surface area contributed by atoms with Crippen molar-refractivity contribution in [3.8, 4) is 6.07 Å². The number of hydrogen-bond acceptors (Lipinski definition) is 6. The van der Waals surface area contributed by atoms with E-state index in [2.05, 4.69) is 39.0 Å². The standard InChI is InChI=1S/C17H21N5S/c1-2-12-11-23-16(20-12)14(10-18)15-8-9-19-17(22-15)21-13-6-4-3-5-7-13/h8-9,11,13,20H,2-7H2,1H3,(H,19,21,22)/b16-14-. The van der Waals surface area contributed by atoms with Crippen LogP contribution in [0.5, 0.6) is 0 Å². The first-order valence-electron chi connectivity index (χ1n) is 8.17. The van der Waals surface area contributed by atoms with Gasteiger partial charge >= 0.3 is 0 Å². The second kappa shape index (κ2) is 7.51. The maximum absolute atomic E-state index is 9.55. The van der Waals surface area contributed by atoms with Gasteiger partial charge in [-0.3, -0.25) is 0 Å². The maximum atomic E-state index is 9.55. The van der Waals surface area contributed by atoms with E-state index in [1.807, 2.05) is 0 Å². The number of anilines is 1. The molecule has 0 atom stereocenters. The summed E-state index contributed by atoms with van der Waals surface area (Å²) in [5, 5.41) is 19.2. The van der Waals surface area contributed by atoms with Crippen LogP contribution in [-0.2, 0) is 0 Å². The lowest BCUT2D eigenvalue weighted by Gasteiger charge is -2.22. The molecule has 1 aliphatic carbocycles. The van der Waals surface area contributed by atoms with Gasteiger partial charge in [0.25, 0.3) is 0 Å². The van der Waals surface area contributed by atoms with Gasteiger partial charge in [0.05, 0.1) is 10.7 Å². The van der Waals surface area contributed by atoms with Gasteiger partial charge in [-0.15, -0.1) is 0 Å². The van der Waals surface area contributed by atoms with Gasteiger partial charge in [-0.1, -0.05) is 37.9 Å². The van der Waals surface area contributed by atoms with Gasteiger partial charge in [-0.2, -0.15) is 5.26 Å². The third kappa shape index (κ3) is 3.85. The molecule has 1 aromatic rings. The van der Waals surface area contributed by atoms with Gasteiger partial charge in [-0.05, 0) is 30.7 Å². The average molecular weight is 327 g/mol. The van der Waals surface area contributed by atoms with E-state index in [1.54, 1.807) is 24.0 Å². The molecule has 1 saturated carbocycles. The van der Waals surface area contributed by atoms with Crippen molar-refractivity contribution in [3.63, 3.8) is 0 Å². The molecule has 0 aromatic carbocycles. The molecular formula is C17H21N5S. The van der Waals surface area contributed by atoms with Crippen molar-refractivity contribution in [2.75, 3.05) is 5.32 Å². The quantitative estimate of drug-likeness (QED) is 0.814.